The highest BCUT2D eigenvalue weighted by molar-refractivity contribution is 9.10. The summed E-state index contributed by atoms with van der Waals surface area (Å²) in [5, 5.41) is 7.28. The normalized spacial score (nSPS) is 11.9. The van der Waals surface area contributed by atoms with Crippen molar-refractivity contribution in [2.24, 2.45) is 7.05 Å². The maximum absolute atomic E-state index is 11.9. The fraction of sp³-hybridized carbons (Fsp3) is 0.750. The van der Waals surface area contributed by atoms with E-state index in [0.717, 1.165) is 12.8 Å². The maximum Gasteiger partial charge on any atom is 0.260 e. The molecule has 0 aromatic carbocycles. The molecule has 1 aromatic heterocycles. The zero-order valence-corrected chi connectivity index (χ0v) is 12.1. The Balaban J connectivity index is 2.58. The van der Waals surface area contributed by atoms with Crippen molar-refractivity contribution < 1.29 is 13.2 Å². The molecular weight excluding hydrogens is 312 g/mol. The van der Waals surface area contributed by atoms with Gasteiger partial charge in [0.15, 0.2) is 4.60 Å². The molecule has 0 fully saturated rings. The second kappa shape index (κ2) is 6.43. The summed E-state index contributed by atoms with van der Waals surface area (Å²) in [7, 11) is -0.426. The number of ether oxygens (including phenoxy) is 1. The second-order valence-corrected chi connectivity index (χ2v) is 5.84. The third kappa shape index (κ3) is 4.02. The number of rotatable bonds is 7. The van der Waals surface area contributed by atoms with Crippen molar-refractivity contribution in [2.45, 2.75) is 17.9 Å². The molecule has 0 radical (unpaired) electrons. The van der Waals surface area contributed by atoms with Crippen LogP contribution in [-0.4, -0.2) is 43.7 Å². The van der Waals surface area contributed by atoms with E-state index >= 15 is 0 Å². The zero-order valence-electron chi connectivity index (χ0n) is 9.68. The van der Waals surface area contributed by atoms with Crippen LogP contribution in [-0.2, 0) is 21.8 Å². The van der Waals surface area contributed by atoms with Gasteiger partial charge in [0.1, 0.15) is 0 Å². The lowest BCUT2D eigenvalue weighted by atomic mass is 10.3. The molecule has 1 heterocycles. The Morgan fingerprint density at radius 2 is 2.18 bits per heavy atom. The molecule has 9 heteroatoms. The van der Waals surface area contributed by atoms with E-state index in [1.54, 1.807) is 7.11 Å². The molecule has 1 aromatic rings. The van der Waals surface area contributed by atoms with Crippen LogP contribution in [0.2, 0.25) is 0 Å². The van der Waals surface area contributed by atoms with Crippen molar-refractivity contribution in [1.82, 2.24) is 19.7 Å². The Bertz CT molecular complexity index is 440. The molecule has 1 N–H and O–H groups in total. The number of methoxy groups -OCH3 is 1. The van der Waals surface area contributed by atoms with Crippen LogP contribution in [0.3, 0.4) is 0 Å². The summed E-state index contributed by atoms with van der Waals surface area (Å²) in [6, 6.07) is 0. The molecule has 0 spiro atoms. The SMILES string of the molecule is COCCCCNS(=O)(=O)c1c(Br)nnn1C. The Hall–Kier alpha value is -0.510. The first-order chi connectivity index (χ1) is 7.99. The standard InChI is InChI=1S/C8H15BrN4O3S/c1-13-8(7(9)11-12-13)17(14,15)10-5-3-4-6-16-2/h10H,3-6H2,1-2H3. The van der Waals surface area contributed by atoms with Crippen LogP contribution >= 0.6 is 15.9 Å². The van der Waals surface area contributed by atoms with Crippen LogP contribution in [0, 0.1) is 0 Å². The van der Waals surface area contributed by atoms with E-state index in [-0.39, 0.29) is 9.63 Å². The van der Waals surface area contributed by atoms with Crippen LogP contribution in [0.1, 0.15) is 12.8 Å². The highest BCUT2D eigenvalue weighted by Crippen LogP contribution is 2.17. The van der Waals surface area contributed by atoms with E-state index in [9.17, 15) is 8.42 Å². The molecule has 98 valence electrons. The minimum absolute atomic E-state index is 0.0317. The van der Waals surface area contributed by atoms with E-state index < -0.39 is 10.0 Å². The quantitative estimate of drug-likeness (QED) is 0.727. The van der Waals surface area contributed by atoms with E-state index in [4.69, 9.17) is 4.74 Å². The van der Waals surface area contributed by atoms with Crippen LogP contribution in [0.5, 0.6) is 0 Å². The molecule has 17 heavy (non-hydrogen) atoms. The summed E-state index contributed by atoms with van der Waals surface area (Å²) in [6.45, 7) is 0.988. The molecule has 0 saturated carbocycles. The molecule has 0 unspecified atom stereocenters. The summed E-state index contributed by atoms with van der Waals surface area (Å²) < 4.78 is 32.6. The number of unbranched alkanes of at least 4 members (excludes halogenated alkanes) is 1. The average Bonchev–Trinajstić information content (AvgIpc) is 2.58. The molecule has 0 aliphatic rings. The lowest BCUT2D eigenvalue weighted by molar-refractivity contribution is 0.193. The molecule has 0 aliphatic carbocycles. The summed E-state index contributed by atoms with van der Waals surface area (Å²) >= 11 is 3.05. The molecule has 0 atom stereocenters. The van der Waals surface area contributed by atoms with E-state index in [2.05, 4.69) is 31.0 Å². The first-order valence-corrected chi connectivity index (χ1v) is 7.30. The molecule has 0 bridgehead atoms. The molecular formula is C8H15BrN4O3S. The predicted molar refractivity (Wildman–Crippen MR) is 65.0 cm³/mol. The molecule has 1 rings (SSSR count). The van der Waals surface area contributed by atoms with E-state index in [0.29, 0.717) is 13.2 Å². The monoisotopic (exact) mass is 326 g/mol. The predicted octanol–water partition coefficient (Wildman–Crippen LogP) is 0.283. The summed E-state index contributed by atoms with van der Waals surface area (Å²) in [4.78, 5) is 0. The number of nitrogens with one attached hydrogen (secondary N) is 1. The first-order valence-electron chi connectivity index (χ1n) is 5.03. The Morgan fingerprint density at radius 3 is 2.71 bits per heavy atom. The number of aryl methyl sites for hydroxylation is 1. The minimum atomic E-state index is -3.57. The van der Waals surface area contributed by atoms with Gasteiger partial charge in [0.05, 0.1) is 0 Å². The summed E-state index contributed by atoms with van der Waals surface area (Å²) in [5.74, 6) is 0. The average molecular weight is 327 g/mol. The highest BCUT2D eigenvalue weighted by Gasteiger charge is 2.22. The van der Waals surface area contributed by atoms with Gasteiger partial charge in [0.2, 0.25) is 5.03 Å². The van der Waals surface area contributed by atoms with Crippen LogP contribution in [0.15, 0.2) is 9.63 Å². The van der Waals surface area contributed by atoms with Crippen molar-refractivity contribution in [2.75, 3.05) is 20.3 Å². The van der Waals surface area contributed by atoms with E-state index in [1.165, 1.54) is 11.7 Å². The topological polar surface area (TPSA) is 86.1 Å². The number of hydrogen-bond acceptors (Lipinski definition) is 5. The second-order valence-electron chi connectivity index (χ2n) is 3.41. The van der Waals surface area contributed by atoms with Gasteiger partial charge in [-0.05, 0) is 28.8 Å². The van der Waals surface area contributed by atoms with Gasteiger partial charge < -0.3 is 4.74 Å². The Kier molecular flexibility index (Phi) is 5.50. The molecule has 0 aliphatic heterocycles. The number of halogens is 1. The summed E-state index contributed by atoms with van der Waals surface area (Å²) in [5.41, 5.74) is 0. The number of hydrogen-bond donors (Lipinski definition) is 1. The lowest BCUT2D eigenvalue weighted by Crippen LogP contribution is -2.27. The van der Waals surface area contributed by atoms with Crippen molar-refractivity contribution in [3.63, 3.8) is 0 Å². The molecule has 0 saturated heterocycles. The number of aromatic nitrogens is 3. The largest absolute Gasteiger partial charge is 0.385 e. The van der Waals surface area contributed by atoms with Crippen LogP contribution in [0.4, 0.5) is 0 Å². The van der Waals surface area contributed by atoms with Gasteiger partial charge in [-0.1, -0.05) is 5.21 Å². The van der Waals surface area contributed by atoms with Crippen LogP contribution < -0.4 is 4.72 Å². The minimum Gasteiger partial charge on any atom is -0.385 e. The van der Waals surface area contributed by atoms with Crippen molar-refractivity contribution in [3.8, 4) is 0 Å². The third-order valence-electron chi connectivity index (χ3n) is 2.06. The van der Waals surface area contributed by atoms with E-state index in [1.807, 2.05) is 0 Å². The van der Waals surface area contributed by atoms with Gasteiger partial charge in [-0.2, -0.15) is 0 Å². The fourth-order valence-electron chi connectivity index (χ4n) is 1.25. The molecule has 0 amide bonds. The Morgan fingerprint density at radius 1 is 1.47 bits per heavy atom. The van der Waals surface area contributed by atoms with Gasteiger partial charge in [0.25, 0.3) is 10.0 Å². The van der Waals surface area contributed by atoms with Crippen LogP contribution in [0.25, 0.3) is 0 Å². The number of nitrogens with zero attached hydrogens (tertiary/aromatic N) is 3. The first kappa shape index (κ1) is 14.6. The summed E-state index contributed by atoms with van der Waals surface area (Å²) in [6.07, 6.45) is 1.53. The van der Waals surface area contributed by atoms with Gasteiger partial charge >= 0.3 is 0 Å². The smallest absolute Gasteiger partial charge is 0.260 e. The van der Waals surface area contributed by atoms with Gasteiger partial charge in [0, 0.05) is 27.3 Å². The zero-order chi connectivity index (χ0) is 12.9. The lowest BCUT2D eigenvalue weighted by Gasteiger charge is -2.06. The fourth-order valence-corrected chi connectivity index (χ4v) is 3.42. The highest BCUT2D eigenvalue weighted by atomic mass is 79.9. The maximum atomic E-state index is 11.9. The Labute approximate surface area is 109 Å². The van der Waals surface area contributed by atoms with Crippen molar-refractivity contribution >= 4 is 26.0 Å². The van der Waals surface area contributed by atoms with Crippen molar-refractivity contribution in [1.29, 1.82) is 0 Å². The van der Waals surface area contributed by atoms with Crippen molar-refractivity contribution in [3.05, 3.63) is 4.60 Å². The third-order valence-corrected chi connectivity index (χ3v) is 4.41. The number of sulfonamides is 1. The van der Waals surface area contributed by atoms with Gasteiger partial charge in [-0.25, -0.2) is 17.8 Å². The van der Waals surface area contributed by atoms with Gasteiger partial charge in [-0.15, -0.1) is 5.10 Å². The van der Waals surface area contributed by atoms with Gasteiger partial charge in [-0.3, -0.25) is 0 Å². The molecule has 7 nitrogen and oxygen atoms in total.